The lowest BCUT2D eigenvalue weighted by atomic mass is 10.2. The van der Waals surface area contributed by atoms with Gasteiger partial charge < -0.3 is 19.0 Å². The Kier molecular flexibility index (Phi) is 5.38. The normalized spacial score (nSPS) is 10.9. The summed E-state index contributed by atoms with van der Waals surface area (Å²) in [6.07, 6.45) is 2.95. The molecule has 170 valence electrons. The van der Waals surface area contributed by atoms with Crippen molar-refractivity contribution in [2.24, 2.45) is 0 Å². The van der Waals surface area contributed by atoms with Crippen LogP contribution < -0.4 is 10.1 Å². The van der Waals surface area contributed by atoms with Crippen LogP contribution in [0.3, 0.4) is 0 Å². The van der Waals surface area contributed by atoms with Crippen LogP contribution in [0.2, 0.25) is 0 Å². The van der Waals surface area contributed by atoms with Crippen LogP contribution in [0.5, 0.6) is 11.6 Å². The van der Waals surface area contributed by atoms with E-state index in [1.165, 1.54) is 18.7 Å². The third-order valence-electron chi connectivity index (χ3n) is 5.34. The van der Waals surface area contributed by atoms with E-state index in [2.05, 4.69) is 25.5 Å². The van der Waals surface area contributed by atoms with E-state index in [0.717, 1.165) is 17.0 Å². The van der Waals surface area contributed by atoms with Crippen molar-refractivity contribution in [2.45, 2.75) is 20.8 Å². The van der Waals surface area contributed by atoms with Crippen LogP contribution in [-0.4, -0.2) is 30.8 Å². The van der Waals surface area contributed by atoms with E-state index in [0.29, 0.717) is 34.7 Å². The summed E-state index contributed by atoms with van der Waals surface area (Å²) < 4.78 is 18.0. The van der Waals surface area contributed by atoms with Gasteiger partial charge in [-0.2, -0.15) is 5.10 Å². The van der Waals surface area contributed by atoms with Crippen molar-refractivity contribution in [3.05, 3.63) is 83.8 Å². The van der Waals surface area contributed by atoms with Gasteiger partial charge in [0.1, 0.15) is 12.1 Å². The van der Waals surface area contributed by atoms with Crippen LogP contribution in [-0.2, 0) is 0 Å². The Morgan fingerprint density at radius 3 is 2.56 bits per heavy atom. The van der Waals surface area contributed by atoms with Crippen molar-refractivity contribution < 1.29 is 18.5 Å². The quantitative estimate of drug-likeness (QED) is 0.384. The van der Waals surface area contributed by atoms with Gasteiger partial charge >= 0.3 is 0 Å². The monoisotopic (exact) mass is 456 g/mol. The zero-order valence-electron chi connectivity index (χ0n) is 18.6. The Morgan fingerprint density at radius 2 is 1.85 bits per heavy atom. The second-order valence-corrected chi connectivity index (χ2v) is 7.56. The molecular formula is C24H20N6O4. The number of benzene rings is 1. The molecule has 5 rings (SSSR count). The lowest BCUT2D eigenvalue weighted by Gasteiger charge is -2.08. The Bertz CT molecular complexity index is 1450. The number of rotatable bonds is 6. The van der Waals surface area contributed by atoms with Crippen LogP contribution in [0.4, 0.5) is 5.69 Å². The van der Waals surface area contributed by atoms with Crippen LogP contribution >= 0.6 is 0 Å². The number of amides is 1. The Labute approximate surface area is 194 Å². The van der Waals surface area contributed by atoms with E-state index in [9.17, 15) is 4.79 Å². The molecule has 0 spiro atoms. The highest BCUT2D eigenvalue weighted by atomic mass is 16.5. The molecule has 4 heterocycles. The van der Waals surface area contributed by atoms with Crippen molar-refractivity contribution in [2.75, 3.05) is 5.32 Å². The first-order chi connectivity index (χ1) is 16.5. The number of carbonyl (C=O) groups is 1. The SMILES string of the molecule is Cc1nn(-c2cc(Oc3ccc(NC(=O)c4cc(-c5ccco5)on4)cc3)ncn2)c(C)c1C. The average molecular weight is 456 g/mol. The highest BCUT2D eigenvalue weighted by Gasteiger charge is 2.16. The molecule has 1 amide bonds. The first kappa shape index (κ1) is 21.1. The lowest BCUT2D eigenvalue weighted by Crippen LogP contribution is -2.11. The predicted octanol–water partition coefficient (Wildman–Crippen LogP) is 4.88. The summed E-state index contributed by atoms with van der Waals surface area (Å²) in [6, 6.07) is 13.6. The minimum atomic E-state index is -0.407. The van der Waals surface area contributed by atoms with Gasteiger partial charge in [0.2, 0.25) is 11.6 Å². The molecule has 0 radical (unpaired) electrons. The van der Waals surface area contributed by atoms with Gasteiger partial charge in [0.15, 0.2) is 17.3 Å². The van der Waals surface area contributed by atoms with Crippen molar-refractivity contribution in [1.29, 1.82) is 0 Å². The smallest absolute Gasteiger partial charge is 0.277 e. The summed E-state index contributed by atoms with van der Waals surface area (Å²) in [5, 5.41) is 11.1. The standard InChI is InChI=1S/C24H20N6O4/c1-14-15(2)28-30(16(14)3)22-12-23(26-13-25-22)33-18-8-6-17(7-9-18)27-24(31)19-11-21(34-29-19)20-5-4-10-32-20/h4-13H,1-3H3,(H,27,31). The molecule has 0 bridgehead atoms. The number of carbonyl (C=O) groups excluding carboxylic acids is 1. The highest BCUT2D eigenvalue weighted by molar-refractivity contribution is 6.03. The van der Waals surface area contributed by atoms with Gasteiger partial charge in [-0.05, 0) is 62.7 Å². The molecule has 10 heteroatoms. The molecular weight excluding hydrogens is 436 g/mol. The van der Waals surface area contributed by atoms with Crippen molar-refractivity contribution in [1.82, 2.24) is 24.9 Å². The Morgan fingerprint density at radius 1 is 1.03 bits per heavy atom. The Hall–Kier alpha value is -4.73. The van der Waals surface area contributed by atoms with Crippen LogP contribution in [0.15, 0.2) is 70.1 Å². The van der Waals surface area contributed by atoms with Crippen LogP contribution in [0, 0.1) is 20.8 Å². The van der Waals surface area contributed by atoms with Crippen molar-refractivity contribution in [3.63, 3.8) is 0 Å². The molecule has 0 unspecified atom stereocenters. The fourth-order valence-electron chi connectivity index (χ4n) is 3.28. The summed E-state index contributed by atoms with van der Waals surface area (Å²) in [5.41, 5.74) is 3.77. The zero-order chi connectivity index (χ0) is 23.7. The molecule has 10 nitrogen and oxygen atoms in total. The maximum Gasteiger partial charge on any atom is 0.277 e. The van der Waals surface area contributed by atoms with Gasteiger partial charge in [-0.15, -0.1) is 0 Å². The van der Waals surface area contributed by atoms with E-state index in [1.54, 1.807) is 47.1 Å². The predicted molar refractivity (Wildman–Crippen MR) is 122 cm³/mol. The van der Waals surface area contributed by atoms with E-state index in [-0.39, 0.29) is 5.69 Å². The summed E-state index contributed by atoms with van der Waals surface area (Å²) >= 11 is 0. The summed E-state index contributed by atoms with van der Waals surface area (Å²) in [6.45, 7) is 5.97. The number of nitrogens with zero attached hydrogens (tertiary/aromatic N) is 5. The van der Waals surface area contributed by atoms with Gasteiger partial charge in [-0.3, -0.25) is 4.79 Å². The van der Waals surface area contributed by atoms with Crippen molar-refractivity contribution >= 4 is 11.6 Å². The third kappa shape index (κ3) is 4.16. The third-order valence-corrected chi connectivity index (χ3v) is 5.34. The first-order valence-corrected chi connectivity index (χ1v) is 10.4. The number of ether oxygens (including phenoxy) is 1. The maximum atomic E-state index is 12.5. The summed E-state index contributed by atoms with van der Waals surface area (Å²) in [5.74, 6) is 2.00. The number of hydrogen-bond donors (Lipinski definition) is 1. The van der Waals surface area contributed by atoms with E-state index < -0.39 is 5.91 Å². The van der Waals surface area contributed by atoms with Crippen LogP contribution in [0.1, 0.15) is 27.4 Å². The van der Waals surface area contributed by atoms with E-state index in [1.807, 2.05) is 20.8 Å². The number of anilines is 1. The first-order valence-electron chi connectivity index (χ1n) is 10.4. The zero-order valence-corrected chi connectivity index (χ0v) is 18.6. The van der Waals surface area contributed by atoms with Gasteiger partial charge in [-0.1, -0.05) is 5.16 Å². The number of aromatic nitrogens is 5. The largest absolute Gasteiger partial charge is 0.461 e. The fraction of sp³-hybridized carbons (Fsp3) is 0.125. The topological polar surface area (TPSA) is 121 Å². The second kappa shape index (κ2) is 8.66. The molecule has 0 aliphatic heterocycles. The molecule has 1 N–H and O–H groups in total. The van der Waals surface area contributed by atoms with E-state index >= 15 is 0 Å². The number of furan rings is 1. The molecule has 34 heavy (non-hydrogen) atoms. The molecule has 0 saturated carbocycles. The number of nitrogens with one attached hydrogen (secondary N) is 1. The molecule has 1 aromatic carbocycles. The molecule has 5 aromatic rings. The maximum absolute atomic E-state index is 12.5. The minimum absolute atomic E-state index is 0.139. The van der Waals surface area contributed by atoms with Gasteiger partial charge in [0.05, 0.1) is 12.0 Å². The fourth-order valence-corrected chi connectivity index (χ4v) is 3.28. The summed E-state index contributed by atoms with van der Waals surface area (Å²) in [7, 11) is 0. The van der Waals surface area contributed by atoms with Gasteiger partial charge in [0.25, 0.3) is 5.91 Å². The van der Waals surface area contributed by atoms with Crippen LogP contribution in [0.25, 0.3) is 17.3 Å². The molecule has 0 atom stereocenters. The van der Waals surface area contributed by atoms with Crippen molar-refractivity contribution in [3.8, 4) is 29.0 Å². The molecule has 0 aliphatic rings. The van der Waals surface area contributed by atoms with Gasteiger partial charge in [0, 0.05) is 23.5 Å². The second-order valence-electron chi connectivity index (χ2n) is 7.56. The number of aryl methyl sites for hydroxylation is 1. The van der Waals surface area contributed by atoms with Gasteiger partial charge in [-0.25, -0.2) is 14.6 Å². The average Bonchev–Trinajstić information content (AvgIpc) is 3.59. The summed E-state index contributed by atoms with van der Waals surface area (Å²) in [4.78, 5) is 21.0. The molecule has 0 fully saturated rings. The lowest BCUT2D eigenvalue weighted by molar-refractivity contribution is 0.101. The minimum Gasteiger partial charge on any atom is -0.461 e. The Balaban J connectivity index is 1.26. The molecule has 4 aromatic heterocycles. The molecule has 0 saturated heterocycles. The number of hydrogen-bond acceptors (Lipinski definition) is 8. The highest BCUT2D eigenvalue weighted by Crippen LogP contribution is 2.24. The molecule has 0 aliphatic carbocycles. The van der Waals surface area contributed by atoms with E-state index in [4.69, 9.17) is 13.7 Å².